The molecule has 3 aromatic carbocycles. The van der Waals surface area contributed by atoms with E-state index in [0.29, 0.717) is 43.9 Å². The van der Waals surface area contributed by atoms with Crippen molar-refractivity contribution in [2.24, 2.45) is 5.73 Å². The molecule has 3 aliphatic rings. The molecule has 4 N–H and O–H groups in total. The van der Waals surface area contributed by atoms with Crippen LogP contribution in [0, 0.1) is 0 Å². The molecule has 0 aromatic heterocycles. The largest absolute Gasteiger partial charge is 0.456 e. The lowest BCUT2D eigenvalue weighted by Gasteiger charge is -2.35. The van der Waals surface area contributed by atoms with Gasteiger partial charge in [0.2, 0.25) is 5.36 Å². The van der Waals surface area contributed by atoms with Crippen molar-refractivity contribution in [3.63, 3.8) is 0 Å². The Balaban J connectivity index is 0.00000305. The van der Waals surface area contributed by atoms with Crippen molar-refractivity contribution in [1.82, 2.24) is 19.3 Å². The SMILES string of the molecule is CCN(CC)c1ccc2c(-c3ccccc3C(=O)N3CCN(CCOC(=O)C(=[NH2+])c4ccc(CN(C)C)cc4)CC3)c3ccc(=[N+](CC)CC)cc-3oc2c1.CN. The number of amides is 1. The summed E-state index contributed by atoms with van der Waals surface area (Å²) in [4.78, 5) is 35.7. The van der Waals surface area contributed by atoms with Gasteiger partial charge in [-0.25, -0.2) is 14.8 Å². The summed E-state index contributed by atoms with van der Waals surface area (Å²) in [6.07, 6.45) is 0. The van der Waals surface area contributed by atoms with E-state index in [1.807, 2.05) is 61.5 Å². The number of hydrogen-bond donors (Lipinski definition) is 2. The van der Waals surface area contributed by atoms with Crippen molar-refractivity contribution in [3.8, 4) is 22.5 Å². The van der Waals surface area contributed by atoms with E-state index < -0.39 is 5.97 Å². The molecule has 0 spiro atoms. The molecule has 0 radical (unpaired) electrons. The van der Waals surface area contributed by atoms with Crippen LogP contribution in [-0.4, -0.2) is 119 Å². The van der Waals surface area contributed by atoms with Gasteiger partial charge in [-0.2, -0.15) is 0 Å². The molecule has 1 amide bonds. The Morgan fingerprint density at radius 2 is 1.53 bits per heavy atom. The first-order chi connectivity index (χ1) is 27.6. The number of hydrogen-bond acceptors (Lipinski definition) is 8. The number of ether oxygens (including phenoxy) is 1. The minimum atomic E-state index is -0.520. The number of nitrogens with zero attached hydrogens (tertiary/aromatic N) is 5. The maximum Gasteiger partial charge on any atom is 0.403 e. The maximum atomic E-state index is 14.4. The number of esters is 1. The standard InChI is InChI=1S/C45H55N6O4.CH5N/c1-7-49(8-2)34-19-21-38-40(29-34)55-41-30-35(50(9-3)10-4)20-22-39(41)42(38)36-13-11-12-14-37(36)44(52)51-25-23-48(24-26-51)27-28-54-45(53)43(46)33-17-15-32(16-18-33)31-47(5)6;1-2/h11-22,29-30,46H,7-10,23-28,31H2,1-6H3;2H2,1H3/q+1;/p+1. The lowest BCUT2D eigenvalue weighted by Crippen LogP contribution is -2.50. The third-order valence-corrected chi connectivity index (χ3v) is 10.7. The highest BCUT2D eigenvalue weighted by Crippen LogP contribution is 2.42. The van der Waals surface area contributed by atoms with Gasteiger partial charge in [-0.1, -0.05) is 30.3 Å². The van der Waals surface area contributed by atoms with E-state index in [0.717, 1.165) is 82.8 Å². The lowest BCUT2D eigenvalue weighted by molar-refractivity contribution is -0.152. The molecule has 0 atom stereocenters. The van der Waals surface area contributed by atoms with Gasteiger partial charge in [0.25, 0.3) is 11.6 Å². The van der Waals surface area contributed by atoms with Crippen LogP contribution in [0.4, 0.5) is 5.69 Å². The van der Waals surface area contributed by atoms with Crippen molar-refractivity contribution in [3.05, 3.63) is 107 Å². The van der Waals surface area contributed by atoms with Gasteiger partial charge in [-0.3, -0.25) is 9.69 Å². The van der Waals surface area contributed by atoms with Crippen LogP contribution < -0.4 is 26.0 Å². The lowest BCUT2D eigenvalue weighted by atomic mass is 9.90. The van der Waals surface area contributed by atoms with E-state index >= 15 is 0 Å². The number of carbonyl (C=O) groups excluding carboxylic acids is 2. The summed E-state index contributed by atoms with van der Waals surface area (Å²) in [5.74, 6) is 0.271. The summed E-state index contributed by atoms with van der Waals surface area (Å²) in [5, 5.41) is 8.23. The minimum absolute atomic E-state index is 0.00210. The third kappa shape index (κ3) is 9.97. The zero-order valence-corrected chi connectivity index (χ0v) is 34.9. The van der Waals surface area contributed by atoms with Crippen LogP contribution in [0.2, 0.25) is 0 Å². The van der Waals surface area contributed by atoms with Gasteiger partial charge in [0.15, 0.2) is 0 Å². The second-order valence-electron chi connectivity index (χ2n) is 14.3. The van der Waals surface area contributed by atoms with Crippen LogP contribution in [0.15, 0.2) is 89.3 Å². The van der Waals surface area contributed by atoms with E-state index in [1.54, 1.807) is 0 Å². The van der Waals surface area contributed by atoms with Gasteiger partial charge in [-0.15, -0.1) is 0 Å². The number of nitrogens with two attached hydrogens (primary N) is 2. The first-order valence-corrected chi connectivity index (χ1v) is 20.2. The number of piperazine rings is 1. The number of rotatable bonds is 14. The van der Waals surface area contributed by atoms with Gasteiger partial charge >= 0.3 is 5.97 Å². The molecule has 1 fully saturated rings. The fraction of sp³-hybridized carbons (Fsp3) is 0.391. The predicted octanol–water partition coefficient (Wildman–Crippen LogP) is 4.05. The first kappa shape index (κ1) is 42.8. The van der Waals surface area contributed by atoms with Gasteiger partial charge in [0.05, 0.1) is 11.6 Å². The summed E-state index contributed by atoms with van der Waals surface area (Å²) in [6.45, 7) is 16.3. The first-order valence-electron chi connectivity index (χ1n) is 20.2. The number of anilines is 1. The van der Waals surface area contributed by atoms with E-state index in [9.17, 15) is 9.59 Å². The smallest absolute Gasteiger partial charge is 0.403 e. The Kier molecular flexibility index (Phi) is 15.1. The van der Waals surface area contributed by atoms with Crippen LogP contribution in [0.5, 0.6) is 0 Å². The van der Waals surface area contributed by atoms with Crippen LogP contribution in [-0.2, 0) is 16.1 Å². The fourth-order valence-electron chi connectivity index (χ4n) is 7.58. The highest BCUT2D eigenvalue weighted by Gasteiger charge is 2.28. The van der Waals surface area contributed by atoms with E-state index in [2.05, 4.69) is 95.2 Å². The summed E-state index contributed by atoms with van der Waals surface area (Å²) >= 11 is 0. The normalized spacial score (nSPS) is 13.0. The monoisotopic (exact) mass is 775 g/mol. The zero-order chi connectivity index (χ0) is 41.1. The van der Waals surface area contributed by atoms with Crippen molar-refractivity contribution < 1.29 is 24.2 Å². The Labute approximate surface area is 337 Å². The van der Waals surface area contributed by atoms with Crippen LogP contribution >= 0.6 is 0 Å². The van der Waals surface area contributed by atoms with Gasteiger partial charge in [0, 0.05) is 92.3 Å². The highest BCUT2D eigenvalue weighted by molar-refractivity contribution is 6.40. The molecule has 11 heteroatoms. The van der Waals surface area contributed by atoms with Crippen molar-refractivity contribution in [2.45, 2.75) is 34.2 Å². The van der Waals surface area contributed by atoms with Crippen LogP contribution in [0.3, 0.4) is 0 Å². The van der Waals surface area contributed by atoms with Gasteiger partial charge in [-0.05, 0) is 96.4 Å². The molecule has 1 aliphatic carbocycles. The Bertz CT molecular complexity index is 2180. The highest BCUT2D eigenvalue weighted by atomic mass is 16.5. The average Bonchev–Trinajstić information content (AvgIpc) is 3.24. The van der Waals surface area contributed by atoms with Gasteiger partial charge in [0.1, 0.15) is 31.0 Å². The summed E-state index contributed by atoms with van der Waals surface area (Å²) in [5.41, 5.74) is 11.8. The number of fused-ring (bicyclic) bond motifs is 2. The molecule has 0 unspecified atom stereocenters. The minimum Gasteiger partial charge on any atom is -0.456 e. The molecule has 302 valence electrons. The molecule has 2 aliphatic heterocycles. The Morgan fingerprint density at radius 3 is 2.18 bits per heavy atom. The third-order valence-electron chi connectivity index (χ3n) is 10.7. The Morgan fingerprint density at radius 1 is 0.842 bits per heavy atom. The Hall–Kier alpha value is -5.36. The molecule has 0 bridgehead atoms. The van der Waals surface area contributed by atoms with Gasteiger partial charge < -0.3 is 29.6 Å². The number of benzene rings is 4. The molecular formula is C46H61N7O4+2. The second kappa shape index (κ2) is 20.2. The molecule has 11 nitrogen and oxygen atoms in total. The fourth-order valence-corrected chi connectivity index (χ4v) is 7.58. The molecule has 3 aromatic rings. The summed E-state index contributed by atoms with van der Waals surface area (Å²) in [6, 6.07) is 28.5. The molecule has 2 heterocycles. The average molecular weight is 776 g/mol. The van der Waals surface area contributed by atoms with Crippen molar-refractivity contribution in [2.75, 3.05) is 91.6 Å². The predicted molar refractivity (Wildman–Crippen MR) is 231 cm³/mol. The molecule has 1 saturated heterocycles. The van der Waals surface area contributed by atoms with Crippen molar-refractivity contribution >= 4 is 34.2 Å². The van der Waals surface area contributed by atoms with Crippen LogP contribution in [0.1, 0.15) is 49.2 Å². The van der Waals surface area contributed by atoms with E-state index in [-0.39, 0.29) is 18.2 Å². The number of carbonyl (C=O) groups is 2. The molecule has 6 rings (SSSR count). The zero-order valence-electron chi connectivity index (χ0n) is 34.9. The quantitative estimate of drug-likeness (QED) is 0.0751. The topological polar surface area (TPSA) is 124 Å². The molecule has 0 saturated carbocycles. The molecular weight excluding hydrogens is 715 g/mol. The van der Waals surface area contributed by atoms with Crippen molar-refractivity contribution in [1.29, 1.82) is 0 Å². The van der Waals surface area contributed by atoms with E-state index in [4.69, 9.17) is 14.6 Å². The summed E-state index contributed by atoms with van der Waals surface area (Å²) in [7, 11) is 5.53. The second-order valence-corrected chi connectivity index (χ2v) is 14.3. The van der Waals surface area contributed by atoms with Crippen LogP contribution in [0.25, 0.3) is 33.4 Å². The maximum absolute atomic E-state index is 14.4. The summed E-state index contributed by atoms with van der Waals surface area (Å²) < 4.78 is 14.6. The molecule has 57 heavy (non-hydrogen) atoms. The van der Waals surface area contributed by atoms with E-state index in [1.165, 1.54) is 7.05 Å².